The summed E-state index contributed by atoms with van der Waals surface area (Å²) in [6.07, 6.45) is 5.24. The summed E-state index contributed by atoms with van der Waals surface area (Å²) in [5.74, 6) is -0.329. The van der Waals surface area contributed by atoms with Crippen molar-refractivity contribution in [3.8, 4) is 0 Å². The van der Waals surface area contributed by atoms with Crippen LogP contribution in [0.2, 0.25) is 0 Å². The van der Waals surface area contributed by atoms with Gasteiger partial charge in [-0.3, -0.25) is 14.7 Å². The maximum absolute atomic E-state index is 13.5. The molecule has 5 heteroatoms. The normalized spacial score (nSPS) is 32.6. The van der Waals surface area contributed by atoms with Crippen LogP contribution in [0.1, 0.15) is 30.5 Å². The fourth-order valence-electron chi connectivity index (χ4n) is 5.80. The van der Waals surface area contributed by atoms with Crippen molar-refractivity contribution in [3.63, 3.8) is 0 Å². The number of pyridine rings is 1. The topological polar surface area (TPSA) is 62.7 Å². The third-order valence-corrected chi connectivity index (χ3v) is 7.56. The van der Waals surface area contributed by atoms with Gasteiger partial charge in [0.15, 0.2) is 0 Å². The number of nitrogens with zero attached hydrogens (tertiary/aromatic N) is 2. The quantitative estimate of drug-likeness (QED) is 0.782. The van der Waals surface area contributed by atoms with Gasteiger partial charge in [-0.15, -0.1) is 0 Å². The molecule has 146 valence electrons. The lowest BCUT2D eigenvalue weighted by Crippen LogP contribution is -2.86. The first kappa shape index (κ1) is 17.8. The van der Waals surface area contributed by atoms with E-state index in [-0.39, 0.29) is 24.1 Å². The molecule has 0 radical (unpaired) electrons. The van der Waals surface area contributed by atoms with Gasteiger partial charge in [-0.25, -0.2) is 0 Å². The highest BCUT2D eigenvalue weighted by molar-refractivity contribution is 5.84. The first-order valence-corrected chi connectivity index (χ1v) is 10.1. The predicted molar refractivity (Wildman–Crippen MR) is 105 cm³/mol. The minimum Gasteiger partial charge on any atom is -0.461 e. The van der Waals surface area contributed by atoms with Crippen LogP contribution in [-0.2, 0) is 21.4 Å². The molecule has 2 aliphatic carbocycles. The lowest BCUT2D eigenvalue weighted by molar-refractivity contribution is -0.316. The van der Waals surface area contributed by atoms with E-state index in [2.05, 4.69) is 16.9 Å². The first-order chi connectivity index (χ1) is 13.6. The number of hydrogen-bond acceptors (Lipinski definition) is 5. The average Bonchev–Trinajstić information content (AvgIpc) is 2.69. The molecule has 1 aliphatic heterocycles. The number of likely N-dealkylation sites (tertiary alicyclic amines) is 1. The van der Waals surface area contributed by atoms with Crippen LogP contribution in [0.3, 0.4) is 0 Å². The number of aromatic nitrogens is 1. The van der Waals surface area contributed by atoms with Gasteiger partial charge in [0.2, 0.25) is 0 Å². The Morgan fingerprint density at radius 1 is 1.25 bits per heavy atom. The van der Waals surface area contributed by atoms with E-state index in [9.17, 15) is 9.90 Å². The number of benzene rings is 1. The molecule has 1 aromatic carbocycles. The van der Waals surface area contributed by atoms with Gasteiger partial charge < -0.3 is 9.84 Å². The van der Waals surface area contributed by atoms with E-state index in [1.165, 1.54) is 6.42 Å². The number of carbonyl (C=O) groups is 1. The van der Waals surface area contributed by atoms with Crippen molar-refractivity contribution < 1.29 is 14.6 Å². The van der Waals surface area contributed by atoms with Gasteiger partial charge >= 0.3 is 5.97 Å². The van der Waals surface area contributed by atoms with E-state index in [1.54, 1.807) is 6.20 Å². The van der Waals surface area contributed by atoms with Gasteiger partial charge in [-0.1, -0.05) is 36.4 Å². The minimum atomic E-state index is -1.13. The molecular formula is C23H26N2O3. The highest BCUT2D eigenvalue weighted by atomic mass is 16.5. The molecule has 0 bridgehead atoms. The molecule has 1 N–H and O–H groups in total. The third kappa shape index (κ3) is 2.26. The number of hydrogen-bond donors (Lipinski definition) is 1. The molecule has 2 heterocycles. The molecule has 5 rings (SSSR count). The summed E-state index contributed by atoms with van der Waals surface area (Å²) in [4.78, 5) is 20.3. The van der Waals surface area contributed by atoms with Gasteiger partial charge in [0.1, 0.15) is 11.5 Å². The number of aliphatic hydroxyl groups excluding tert-OH is 1. The zero-order valence-corrected chi connectivity index (χ0v) is 16.1. The molecule has 1 spiro atoms. The Kier molecular flexibility index (Phi) is 4.07. The summed E-state index contributed by atoms with van der Waals surface area (Å²) in [5.41, 5.74) is 0.587. The van der Waals surface area contributed by atoms with Crippen molar-refractivity contribution in [2.24, 2.45) is 5.41 Å². The Hall–Kier alpha value is -2.24. The number of aliphatic hydroxyl groups is 1. The van der Waals surface area contributed by atoms with Crippen LogP contribution in [0, 0.1) is 5.41 Å². The zero-order valence-electron chi connectivity index (χ0n) is 16.1. The molecule has 5 nitrogen and oxygen atoms in total. The zero-order chi connectivity index (χ0) is 19.4. The molecule has 1 aromatic heterocycles. The van der Waals surface area contributed by atoms with Gasteiger partial charge in [-0.05, 0) is 37.6 Å². The number of piperidine rings is 2. The van der Waals surface area contributed by atoms with E-state index < -0.39 is 5.41 Å². The van der Waals surface area contributed by atoms with E-state index in [0.717, 1.165) is 24.1 Å². The summed E-state index contributed by atoms with van der Waals surface area (Å²) >= 11 is 0. The molecule has 2 aromatic rings. The molecule has 1 saturated heterocycles. The van der Waals surface area contributed by atoms with Crippen molar-refractivity contribution in [1.29, 1.82) is 0 Å². The van der Waals surface area contributed by atoms with E-state index in [1.807, 2.05) is 48.5 Å². The molecule has 5 atom stereocenters. The Bertz CT molecular complexity index is 866. The Balaban J connectivity index is 1.43. The SMILES string of the molecule is CN1C2CCC23C(OC(=O)C(CO)(Cc2ccccn2)c2ccccc2)CC13. The molecule has 0 amide bonds. The van der Waals surface area contributed by atoms with Crippen molar-refractivity contribution in [3.05, 3.63) is 66.0 Å². The summed E-state index contributed by atoms with van der Waals surface area (Å²) in [6, 6.07) is 16.2. The lowest BCUT2D eigenvalue weighted by Gasteiger charge is -2.78. The largest absolute Gasteiger partial charge is 0.461 e. The molecule has 5 unspecified atom stereocenters. The van der Waals surface area contributed by atoms with Crippen molar-refractivity contribution in [2.45, 2.75) is 49.3 Å². The fourth-order valence-corrected chi connectivity index (χ4v) is 5.80. The van der Waals surface area contributed by atoms with Crippen LogP contribution in [0.5, 0.6) is 0 Å². The van der Waals surface area contributed by atoms with Crippen LogP contribution in [-0.4, -0.2) is 52.8 Å². The second kappa shape index (κ2) is 6.39. The predicted octanol–water partition coefficient (Wildman–Crippen LogP) is 2.33. The fraction of sp³-hybridized carbons (Fsp3) is 0.478. The maximum atomic E-state index is 13.5. The summed E-state index contributed by atoms with van der Waals surface area (Å²) in [6.45, 7) is -0.307. The highest BCUT2D eigenvalue weighted by Crippen LogP contribution is 2.68. The van der Waals surface area contributed by atoms with Crippen LogP contribution in [0.4, 0.5) is 0 Å². The minimum absolute atomic E-state index is 0.0293. The van der Waals surface area contributed by atoms with Gasteiger partial charge in [0, 0.05) is 42.2 Å². The molecular weight excluding hydrogens is 352 g/mol. The Labute approximate surface area is 165 Å². The van der Waals surface area contributed by atoms with Gasteiger partial charge in [0.05, 0.1) is 6.61 Å². The number of ether oxygens (including phenoxy) is 1. The van der Waals surface area contributed by atoms with Crippen LogP contribution in [0.25, 0.3) is 0 Å². The average molecular weight is 378 g/mol. The monoisotopic (exact) mass is 378 g/mol. The summed E-state index contributed by atoms with van der Waals surface area (Å²) < 4.78 is 6.12. The van der Waals surface area contributed by atoms with Gasteiger partial charge in [-0.2, -0.15) is 0 Å². The molecule has 3 aliphatic rings. The van der Waals surface area contributed by atoms with Crippen LogP contribution in [0.15, 0.2) is 54.7 Å². The smallest absolute Gasteiger partial charge is 0.319 e. The standard InChI is InChI=1S/C23H26N2O3/c1-25-18-10-11-23(18)19(25)13-20(23)28-21(27)22(15-26,16-7-3-2-4-8-16)14-17-9-5-6-12-24-17/h2-9,12,18-20,26H,10-11,13-15H2,1H3. The van der Waals surface area contributed by atoms with Crippen LogP contribution >= 0.6 is 0 Å². The maximum Gasteiger partial charge on any atom is 0.319 e. The number of carbonyl (C=O) groups excluding carboxylic acids is 1. The lowest BCUT2D eigenvalue weighted by atomic mass is 9.41. The Morgan fingerprint density at radius 2 is 2.04 bits per heavy atom. The van der Waals surface area contributed by atoms with E-state index in [0.29, 0.717) is 18.5 Å². The van der Waals surface area contributed by atoms with Crippen molar-refractivity contribution >= 4 is 5.97 Å². The summed E-state index contributed by atoms with van der Waals surface area (Å²) in [7, 11) is 2.17. The second-order valence-corrected chi connectivity index (χ2v) is 8.58. The van der Waals surface area contributed by atoms with Gasteiger partial charge in [0.25, 0.3) is 0 Å². The number of esters is 1. The van der Waals surface area contributed by atoms with E-state index in [4.69, 9.17) is 4.74 Å². The third-order valence-electron chi connectivity index (χ3n) is 7.56. The van der Waals surface area contributed by atoms with Crippen molar-refractivity contribution in [1.82, 2.24) is 9.88 Å². The second-order valence-electron chi connectivity index (χ2n) is 8.58. The van der Waals surface area contributed by atoms with Crippen molar-refractivity contribution in [2.75, 3.05) is 13.7 Å². The van der Waals surface area contributed by atoms with E-state index >= 15 is 0 Å². The molecule has 2 saturated carbocycles. The van der Waals surface area contributed by atoms with Crippen LogP contribution < -0.4 is 0 Å². The highest BCUT2D eigenvalue weighted by Gasteiger charge is 2.75. The molecule has 28 heavy (non-hydrogen) atoms. The number of rotatable bonds is 6. The molecule has 3 fully saturated rings. The summed E-state index contributed by atoms with van der Waals surface area (Å²) in [5, 5.41) is 10.4. The first-order valence-electron chi connectivity index (χ1n) is 10.1. The Morgan fingerprint density at radius 3 is 2.64 bits per heavy atom.